The molecule has 17 heavy (non-hydrogen) atoms. The van der Waals surface area contributed by atoms with Gasteiger partial charge in [-0.25, -0.2) is 4.98 Å². The minimum Gasteiger partial charge on any atom is -0.481 e. The maximum atomic E-state index is 10.4. The maximum Gasteiger partial charge on any atom is 0.304 e. The van der Waals surface area contributed by atoms with Gasteiger partial charge in [-0.1, -0.05) is 23.4 Å². The molecule has 0 radical (unpaired) electrons. The molecule has 2 aromatic rings. The molecule has 2 rings (SSSR count). The van der Waals surface area contributed by atoms with Gasteiger partial charge in [0.05, 0.1) is 17.5 Å². The van der Waals surface area contributed by atoms with E-state index >= 15 is 0 Å². The Morgan fingerprint density at radius 1 is 1.59 bits per heavy atom. The van der Waals surface area contributed by atoms with Crippen molar-refractivity contribution in [3.05, 3.63) is 23.2 Å². The molecule has 1 N–H and O–H groups in total. The number of thioether (sulfide) groups is 1. The van der Waals surface area contributed by atoms with Crippen LogP contribution in [0.15, 0.2) is 23.4 Å². The number of hydrogen-bond donors (Lipinski definition) is 1. The highest BCUT2D eigenvalue weighted by molar-refractivity contribution is 7.99. The van der Waals surface area contributed by atoms with Gasteiger partial charge in [-0.2, -0.15) is 0 Å². The Bertz CT molecular complexity index is 568. The summed E-state index contributed by atoms with van der Waals surface area (Å²) in [4.78, 5) is 14.9. The fourth-order valence-electron chi connectivity index (χ4n) is 1.51. The first-order chi connectivity index (χ1) is 8.08. The van der Waals surface area contributed by atoms with E-state index in [-0.39, 0.29) is 6.42 Å². The third-order valence-corrected chi connectivity index (χ3v) is 3.62. The summed E-state index contributed by atoms with van der Waals surface area (Å²) >= 11 is 7.33. The number of nitrogens with zero attached hydrogens (tertiary/aromatic N) is 2. The first-order valence-corrected chi connectivity index (χ1v) is 6.41. The Labute approximate surface area is 108 Å². The average Bonchev–Trinajstić information content (AvgIpc) is 2.55. The van der Waals surface area contributed by atoms with Gasteiger partial charge in [0.15, 0.2) is 5.16 Å². The predicted octanol–water partition coefficient (Wildman–Crippen LogP) is 2.79. The van der Waals surface area contributed by atoms with Crippen LogP contribution < -0.4 is 0 Å². The first-order valence-electron chi connectivity index (χ1n) is 5.04. The van der Waals surface area contributed by atoms with Crippen LogP contribution in [0.1, 0.15) is 6.42 Å². The second kappa shape index (κ2) is 4.98. The van der Waals surface area contributed by atoms with Gasteiger partial charge in [0.2, 0.25) is 0 Å². The molecule has 0 amide bonds. The summed E-state index contributed by atoms with van der Waals surface area (Å²) in [7, 11) is 1.91. The van der Waals surface area contributed by atoms with E-state index in [0.717, 1.165) is 16.2 Å². The van der Waals surface area contributed by atoms with Gasteiger partial charge in [-0.15, -0.1) is 0 Å². The van der Waals surface area contributed by atoms with Crippen LogP contribution in [-0.4, -0.2) is 26.4 Å². The summed E-state index contributed by atoms with van der Waals surface area (Å²) < 4.78 is 1.94. The molecule has 0 saturated carbocycles. The molecule has 0 saturated heterocycles. The van der Waals surface area contributed by atoms with E-state index in [0.29, 0.717) is 10.8 Å². The van der Waals surface area contributed by atoms with Gasteiger partial charge in [-0.3, -0.25) is 4.79 Å². The summed E-state index contributed by atoms with van der Waals surface area (Å²) in [6.07, 6.45) is 0.134. The molecule has 1 heterocycles. The van der Waals surface area contributed by atoms with Gasteiger partial charge in [0, 0.05) is 17.8 Å². The summed E-state index contributed by atoms with van der Waals surface area (Å²) in [6, 6.07) is 5.53. The number of imidazole rings is 1. The van der Waals surface area contributed by atoms with E-state index < -0.39 is 5.97 Å². The van der Waals surface area contributed by atoms with Crippen LogP contribution in [0, 0.1) is 0 Å². The maximum absolute atomic E-state index is 10.4. The largest absolute Gasteiger partial charge is 0.481 e. The summed E-state index contributed by atoms with van der Waals surface area (Å²) in [5, 5.41) is 10.0. The smallest absolute Gasteiger partial charge is 0.304 e. The number of carbonyl (C=O) groups is 1. The zero-order valence-corrected chi connectivity index (χ0v) is 10.8. The van der Waals surface area contributed by atoms with Crippen LogP contribution in [0.25, 0.3) is 11.0 Å². The summed E-state index contributed by atoms with van der Waals surface area (Å²) in [6.45, 7) is 0. The van der Waals surface area contributed by atoms with Crippen molar-refractivity contribution >= 4 is 40.4 Å². The third kappa shape index (κ3) is 2.73. The van der Waals surface area contributed by atoms with Crippen LogP contribution in [0.4, 0.5) is 0 Å². The number of fused-ring (bicyclic) bond motifs is 1. The van der Waals surface area contributed by atoms with Crippen molar-refractivity contribution in [2.24, 2.45) is 7.05 Å². The molecule has 90 valence electrons. The number of aromatic nitrogens is 2. The summed E-state index contributed by atoms with van der Waals surface area (Å²) in [5.41, 5.74) is 1.82. The Kier molecular flexibility index (Phi) is 3.59. The number of carboxylic acids is 1. The Morgan fingerprint density at radius 3 is 3.06 bits per heavy atom. The first kappa shape index (κ1) is 12.3. The van der Waals surface area contributed by atoms with E-state index in [1.165, 1.54) is 11.8 Å². The molecule has 0 unspecified atom stereocenters. The van der Waals surface area contributed by atoms with E-state index in [2.05, 4.69) is 4.98 Å². The highest BCUT2D eigenvalue weighted by atomic mass is 35.5. The quantitative estimate of drug-likeness (QED) is 0.868. The Morgan fingerprint density at radius 2 is 2.35 bits per heavy atom. The fraction of sp³-hybridized carbons (Fsp3) is 0.273. The average molecular weight is 271 g/mol. The number of carboxylic acid groups (broad SMARTS) is 1. The lowest BCUT2D eigenvalue weighted by molar-refractivity contribution is -0.136. The van der Waals surface area contributed by atoms with Crippen molar-refractivity contribution in [3.8, 4) is 0 Å². The van der Waals surface area contributed by atoms with Crippen LogP contribution in [0.3, 0.4) is 0 Å². The molecule has 1 aromatic carbocycles. The topological polar surface area (TPSA) is 55.1 Å². The molecule has 0 aliphatic carbocycles. The number of benzene rings is 1. The van der Waals surface area contributed by atoms with Crippen molar-refractivity contribution in [1.82, 2.24) is 9.55 Å². The monoisotopic (exact) mass is 270 g/mol. The third-order valence-electron chi connectivity index (χ3n) is 2.35. The molecule has 6 heteroatoms. The van der Waals surface area contributed by atoms with E-state index in [1.807, 2.05) is 23.7 Å². The normalized spacial score (nSPS) is 10.9. The highest BCUT2D eigenvalue weighted by Crippen LogP contribution is 2.25. The Balaban J connectivity index is 2.23. The standard InChI is InChI=1S/C11H11ClN2O2S/c1-14-9-3-2-7(12)6-8(9)13-11(14)17-5-4-10(15)16/h2-3,6H,4-5H2,1H3,(H,15,16). The number of aliphatic carboxylic acids is 1. The van der Waals surface area contributed by atoms with E-state index in [1.54, 1.807) is 6.07 Å². The van der Waals surface area contributed by atoms with Crippen LogP contribution in [0.5, 0.6) is 0 Å². The lowest BCUT2D eigenvalue weighted by atomic mass is 10.3. The molecular weight excluding hydrogens is 260 g/mol. The summed E-state index contributed by atoms with van der Waals surface area (Å²) in [5.74, 6) is -0.278. The fourth-order valence-corrected chi connectivity index (χ4v) is 2.59. The van der Waals surface area contributed by atoms with Crippen molar-refractivity contribution < 1.29 is 9.90 Å². The molecular formula is C11H11ClN2O2S. The predicted molar refractivity (Wildman–Crippen MR) is 68.7 cm³/mol. The molecule has 0 spiro atoms. The molecule has 1 aromatic heterocycles. The SMILES string of the molecule is Cn1c(SCCC(=O)O)nc2cc(Cl)ccc21. The van der Waals surface area contributed by atoms with Crippen molar-refractivity contribution in [1.29, 1.82) is 0 Å². The zero-order valence-electron chi connectivity index (χ0n) is 9.18. The van der Waals surface area contributed by atoms with E-state index in [9.17, 15) is 4.79 Å². The second-order valence-electron chi connectivity index (χ2n) is 3.58. The van der Waals surface area contributed by atoms with Gasteiger partial charge in [-0.05, 0) is 18.2 Å². The second-order valence-corrected chi connectivity index (χ2v) is 5.08. The number of halogens is 1. The van der Waals surface area contributed by atoms with E-state index in [4.69, 9.17) is 16.7 Å². The molecule has 0 bridgehead atoms. The van der Waals surface area contributed by atoms with Crippen LogP contribution in [0.2, 0.25) is 5.02 Å². The number of hydrogen-bond acceptors (Lipinski definition) is 3. The van der Waals surface area contributed by atoms with Gasteiger partial charge in [0.1, 0.15) is 0 Å². The number of aryl methyl sites for hydroxylation is 1. The van der Waals surface area contributed by atoms with Gasteiger partial charge < -0.3 is 9.67 Å². The molecule has 0 aliphatic rings. The Hall–Kier alpha value is -1.20. The lowest BCUT2D eigenvalue weighted by Crippen LogP contribution is -1.97. The van der Waals surface area contributed by atoms with Crippen molar-refractivity contribution in [2.45, 2.75) is 11.6 Å². The molecule has 0 fully saturated rings. The molecule has 0 atom stereocenters. The minimum atomic E-state index is -0.792. The lowest BCUT2D eigenvalue weighted by Gasteiger charge is -2.00. The highest BCUT2D eigenvalue weighted by Gasteiger charge is 2.09. The van der Waals surface area contributed by atoms with Gasteiger partial charge >= 0.3 is 5.97 Å². The van der Waals surface area contributed by atoms with Crippen molar-refractivity contribution in [3.63, 3.8) is 0 Å². The van der Waals surface area contributed by atoms with Gasteiger partial charge in [0.25, 0.3) is 0 Å². The van der Waals surface area contributed by atoms with Crippen LogP contribution >= 0.6 is 23.4 Å². The van der Waals surface area contributed by atoms with Crippen LogP contribution in [-0.2, 0) is 11.8 Å². The number of rotatable bonds is 4. The molecule has 4 nitrogen and oxygen atoms in total. The zero-order chi connectivity index (χ0) is 12.4. The minimum absolute atomic E-state index is 0.134. The molecule has 0 aliphatic heterocycles. The van der Waals surface area contributed by atoms with Crippen molar-refractivity contribution in [2.75, 3.05) is 5.75 Å².